The molecule has 1 aromatic carbocycles. The number of fused-ring (bicyclic) bond motifs is 3. The van der Waals surface area contributed by atoms with Gasteiger partial charge in [0.05, 0.1) is 18.8 Å². The second kappa shape index (κ2) is 14.8. The maximum Gasteiger partial charge on any atom is 0.408 e. The van der Waals surface area contributed by atoms with Gasteiger partial charge in [0.2, 0.25) is 22.7 Å². The number of aromatic nitrogens is 1. The Hall–Kier alpha value is -4.47. The third-order valence-corrected chi connectivity index (χ3v) is 13.1. The number of halogens is 1. The van der Waals surface area contributed by atoms with Gasteiger partial charge in [-0.2, -0.15) is 0 Å². The highest BCUT2D eigenvalue weighted by molar-refractivity contribution is 7.91. The molecule has 14 nitrogen and oxygen atoms in total. The molecule has 3 saturated carbocycles. The normalized spacial score (nSPS) is 30.5. The van der Waals surface area contributed by atoms with E-state index in [0.29, 0.717) is 24.0 Å². The summed E-state index contributed by atoms with van der Waals surface area (Å²) in [6, 6.07) is 5.21. The van der Waals surface area contributed by atoms with Crippen molar-refractivity contribution in [2.75, 3.05) is 6.54 Å². The van der Waals surface area contributed by atoms with E-state index in [9.17, 15) is 32.0 Å². The van der Waals surface area contributed by atoms with Gasteiger partial charge >= 0.3 is 6.09 Å². The molecule has 4 amide bonds. The van der Waals surface area contributed by atoms with Crippen molar-refractivity contribution >= 4 is 44.6 Å². The topological polar surface area (TPSA) is 182 Å². The van der Waals surface area contributed by atoms with Gasteiger partial charge in [0, 0.05) is 36.0 Å². The summed E-state index contributed by atoms with van der Waals surface area (Å²) in [7, 11) is -4.66. The largest absolute Gasteiger partial charge is 0.488 e. The molecule has 7 atom stereocenters. The van der Waals surface area contributed by atoms with E-state index in [1.807, 2.05) is 48.9 Å². The van der Waals surface area contributed by atoms with Crippen molar-refractivity contribution in [1.29, 1.82) is 0 Å². The summed E-state index contributed by atoms with van der Waals surface area (Å²) in [4.78, 5) is 62.2. The van der Waals surface area contributed by atoms with Crippen molar-refractivity contribution in [1.82, 2.24) is 25.2 Å². The summed E-state index contributed by atoms with van der Waals surface area (Å²) in [5.74, 6) is -2.21. The highest BCUT2D eigenvalue weighted by atomic mass is 32.2. The Kier molecular flexibility index (Phi) is 10.5. The fourth-order valence-corrected chi connectivity index (χ4v) is 9.02. The van der Waals surface area contributed by atoms with Gasteiger partial charge in [0.25, 0.3) is 15.9 Å². The molecule has 1 aromatic heterocycles. The summed E-state index contributed by atoms with van der Waals surface area (Å²) in [6.07, 6.45) is 7.33. The number of rotatable bonds is 8. The number of nitrogens with one attached hydrogen (secondary N) is 3. The number of allylic oxidation sites excluding steroid dienone is 1. The number of alkyl halides is 1. The molecule has 2 aromatic rings. The molecule has 0 radical (unpaired) electrons. The lowest BCUT2D eigenvalue weighted by atomic mass is 9.88. The highest BCUT2D eigenvalue weighted by Gasteiger charge is 2.64. The van der Waals surface area contributed by atoms with Gasteiger partial charge in [-0.15, -0.1) is 0 Å². The summed E-state index contributed by atoms with van der Waals surface area (Å²) in [5, 5.41) is 4.53. The third-order valence-electron chi connectivity index (χ3n) is 11.3. The molecule has 16 heteroatoms. The van der Waals surface area contributed by atoms with E-state index in [1.165, 1.54) is 4.90 Å². The molecule has 7 unspecified atom stereocenters. The van der Waals surface area contributed by atoms with Crippen LogP contribution < -0.4 is 24.8 Å². The number of hydrogen-bond acceptors (Lipinski definition) is 10. The van der Waals surface area contributed by atoms with Crippen LogP contribution in [0.2, 0.25) is 0 Å². The zero-order valence-corrected chi connectivity index (χ0v) is 33.3. The first-order valence-corrected chi connectivity index (χ1v) is 21.1. The van der Waals surface area contributed by atoms with Crippen LogP contribution in [-0.4, -0.2) is 89.1 Å². The smallest absolute Gasteiger partial charge is 0.408 e. The van der Waals surface area contributed by atoms with E-state index in [0.717, 1.165) is 24.6 Å². The predicted molar refractivity (Wildman–Crippen MR) is 204 cm³/mol. The highest BCUT2D eigenvalue weighted by Crippen LogP contribution is 2.48. The fraction of sp³-hybridized carbons (Fsp3) is 0.625. The van der Waals surface area contributed by atoms with Crippen LogP contribution in [0.3, 0.4) is 0 Å². The Bertz CT molecular complexity index is 2030. The molecule has 3 N–H and O–H groups in total. The zero-order chi connectivity index (χ0) is 40.2. The van der Waals surface area contributed by atoms with Gasteiger partial charge in [-0.05, 0) is 77.2 Å². The second-order valence-electron chi connectivity index (χ2n) is 17.3. The van der Waals surface area contributed by atoms with Crippen molar-refractivity contribution in [3.05, 3.63) is 42.6 Å². The molecule has 56 heavy (non-hydrogen) atoms. The van der Waals surface area contributed by atoms with Crippen LogP contribution in [0.25, 0.3) is 10.8 Å². The molecule has 3 heterocycles. The Morgan fingerprint density at radius 2 is 1.73 bits per heavy atom. The fourth-order valence-electron chi connectivity index (χ4n) is 7.77. The lowest BCUT2D eigenvalue weighted by molar-refractivity contribution is -0.142. The molecule has 0 spiro atoms. The number of benzene rings is 1. The molecule has 0 bridgehead atoms. The molecular formula is C40H52FN5O9S. The van der Waals surface area contributed by atoms with E-state index >= 15 is 0 Å². The van der Waals surface area contributed by atoms with E-state index in [1.54, 1.807) is 33.0 Å². The van der Waals surface area contributed by atoms with Gasteiger partial charge in [0.15, 0.2) is 0 Å². The maximum atomic E-state index is 14.8. The van der Waals surface area contributed by atoms with Crippen LogP contribution in [-0.2, 0) is 29.1 Å². The number of hydrogen-bond donors (Lipinski definition) is 3. The Morgan fingerprint density at radius 1 is 1.02 bits per heavy atom. The summed E-state index contributed by atoms with van der Waals surface area (Å²) < 4.78 is 60.5. The lowest BCUT2D eigenvalue weighted by Crippen LogP contribution is -2.59. The average molecular weight is 798 g/mol. The molecule has 3 aliphatic carbocycles. The Morgan fingerprint density at radius 3 is 2.41 bits per heavy atom. The first kappa shape index (κ1) is 39.8. The number of alkyl carbamates (subject to hydrolysis) is 1. The monoisotopic (exact) mass is 797 g/mol. The van der Waals surface area contributed by atoms with Gasteiger partial charge < -0.3 is 29.7 Å². The quantitative estimate of drug-likeness (QED) is 0.314. The minimum atomic E-state index is -4.66. The SMILES string of the molecule is CC1CCC=CC2CC2(C(=O)NS(=O)(=O)C2(F)CC2)NC(=O)C2CC(Oc3ncc(OC4CC4)c4ccccc34)CN2C(=O)C(NC(=O)OC(C)(C)C)C(C)C1. The first-order valence-electron chi connectivity index (χ1n) is 19.6. The van der Waals surface area contributed by atoms with Crippen LogP contribution in [0.4, 0.5) is 9.18 Å². The van der Waals surface area contributed by atoms with E-state index in [2.05, 4.69) is 15.6 Å². The number of ether oxygens (including phenoxy) is 3. The minimum absolute atomic E-state index is 0.0120. The summed E-state index contributed by atoms with van der Waals surface area (Å²) in [5.41, 5.74) is -2.54. The predicted octanol–water partition coefficient (Wildman–Crippen LogP) is 4.81. The number of carbonyl (C=O) groups is 4. The second-order valence-corrected chi connectivity index (χ2v) is 19.3. The number of nitrogens with zero attached hydrogens (tertiary/aromatic N) is 2. The van der Waals surface area contributed by atoms with Gasteiger partial charge in [-0.1, -0.05) is 44.2 Å². The Balaban J connectivity index is 1.22. The molecule has 7 rings (SSSR count). The summed E-state index contributed by atoms with van der Waals surface area (Å²) >= 11 is 0. The van der Waals surface area contributed by atoms with Crippen molar-refractivity contribution < 1.29 is 46.2 Å². The van der Waals surface area contributed by atoms with E-state index in [-0.39, 0.29) is 56.0 Å². The van der Waals surface area contributed by atoms with Crippen molar-refractivity contribution in [2.45, 2.75) is 133 Å². The first-order chi connectivity index (χ1) is 26.4. The molecular weight excluding hydrogens is 746 g/mol. The van der Waals surface area contributed by atoms with Gasteiger partial charge in [-0.25, -0.2) is 27.3 Å². The number of carbonyl (C=O) groups excluding carboxylic acids is 4. The molecule has 4 fully saturated rings. The third kappa shape index (κ3) is 8.44. The molecule has 304 valence electrons. The molecule has 5 aliphatic rings. The minimum Gasteiger partial charge on any atom is -0.488 e. The molecule has 1 saturated heterocycles. The Labute approximate surface area is 326 Å². The van der Waals surface area contributed by atoms with Crippen LogP contribution in [0, 0.1) is 17.8 Å². The molecule has 2 aliphatic heterocycles. The standard InChI is InChI=1S/C40H52FN5O9S/c1-23-10-6-7-11-25-20-40(25,36(49)45-56(51,52)39(41)16-17-39)44-33(47)30-19-27(22-46(30)35(48)32(24(2)18-23)43-37(50)55-38(3,4)5)54-34-29-13-9-8-12-28(29)31(21-42-34)53-26-14-15-26/h7-9,11-13,21,23-27,30,32H,6,10,14-20,22H2,1-5H3,(H,43,50)(H,44,47)(H,45,49). The maximum absolute atomic E-state index is 14.8. The van der Waals surface area contributed by atoms with Crippen molar-refractivity contribution in [3.63, 3.8) is 0 Å². The van der Waals surface area contributed by atoms with Crippen LogP contribution >= 0.6 is 0 Å². The van der Waals surface area contributed by atoms with Crippen LogP contribution in [0.15, 0.2) is 42.6 Å². The zero-order valence-electron chi connectivity index (χ0n) is 32.5. The van der Waals surface area contributed by atoms with E-state index < -0.39 is 74.1 Å². The number of amides is 4. The van der Waals surface area contributed by atoms with Gasteiger partial charge in [0.1, 0.15) is 35.1 Å². The average Bonchev–Trinajstić information content (AvgIpc) is 4.07. The van der Waals surface area contributed by atoms with Crippen LogP contribution in [0.1, 0.15) is 92.4 Å². The van der Waals surface area contributed by atoms with Crippen LogP contribution in [0.5, 0.6) is 11.6 Å². The van der Waals surface area contributed by atoms with Crippen molar-refractivity contribution in [2.24, 2.45) is 17.8 Å². The van der Waals surface area contributed by atoms with Crippen molar-refractivity contribution in [3.8, 4) is 11.6 Å². The number of sulfonamides is 1. The van der Waals surface area contributed by atoms with Gasteiger partial charge in [-0.3, -0.25) is 14.4 Å². The summed E-state index contributed by atoms with van der Waals surface area (Å²) in [6.45, 7) is 9.01. The number of pyridine rings is 1. The lowest BCUT2D eigenvalue weighted by Gasteiger charge is -2.33. The van der Waals surface area contributed by atoms with E-state index in [4.69, 9.17) is 14.2 Å².